The molecule has 100 valence electrons. The Morgan fingerprint density at radius 1 is 1.00 bits per heavy atom. The molecule has 0 radical (unpaired) electrons. The molecular weight excluding hydrogens is 277 g/mol. The van der Waals surface area contributed by atoms with Gasteiger partial charge in [0.05, 0.1) is 0 Å². The van der Waals surface area contributed by atoms with Crippen LogP contribution < -0.4 is 0 Å². The van der Waals surface area contributed by atoms with Gasteiger partial charge in [-0.1, -0.05) is 23.7 Å². The molecule has 1 atom stereocenters. The maximum absolute atomic E-state index is 13.1. The van der Waals surface area contributed by atoms with Crippen molar-refractivity contribution in [1.29, 1.82) is 0 Å². The molecule has 2 aromatic carbocycles. The fourth-order valence-corrected chi connectivity index (χ4v) is 1.89. The first kappa shape index (κ1) is 13.9. The molecule has 5 heteroatoms. The zero-order valence-electron chi connectivity index (χ0n) is 9.92. The molecule has 19 heavy (non-hydrogen) atoms. The van der Waals surface area contributed by atoms with E-state index in [9.17, 15) is 18.3 Å². The summed E-state index contributed by atoms with van der Waals surface area (Å²) < 4.78 is 39.1. The first-order valence-corrected chi connectivity index (χ1v) is 5.86. The average molecular weight is 287 g/mol. The lowest BCUT2D eigenvalue weighted by Gasteiger charge is -2.13. The number of aliphatic hydroxyl groups is 1. The van der Waals surface area contributed by atoms with Crippen LogP contribution in [-0.4, -0.2) is 5.11 Å². The largest absolute Gasteiger partial charge is 0.384 e. The molecule has 0 aromatic heterocycles. The van der Waals surface area contributed by atoms with Crippen LogP contribution in [0.2, 0.25) is 5.02 Å². The van der Waals surface area contributed by atoms with E-state index < -0.39 is 23.6 Å². The molecule has 2 rings (SSSR count). The molecule has 0 amide bonds. The summed E-state index contributed by atoms with van der Waals surface area (Å²) in [6.07, 6.45) is -1.28. The van der Waals surface area contributed by atoms with Gasteiger partial charge in [0.1, 0.15) is 6.10 Å². The van der Waals surface area contributed by atoms with Gasteiger partial charge in [0.15, 0.2) is 17.5 Å². The Hall–Kier alpha value is -1.52. The highest BCUT2D eigenvalue weighted by Crippen LogP contribution is 2.27. The van der Waals surface area contributed by atoms with Crippen molar-refractivity contribution in [2.24, 2.45) is 0 Å². The number of hydrogen-bond donors (Lipinski definition) is 1. The molecule has 0 fully saturated rings. The number of halogens is 4. The Morgan fingerprint density at radius 2 is 1.58 bits per heavy atom. The summed E-state index contributed by atoms with van der Waals surface area (Å²) in [5, 5.41) is 10.5. The summed E-state index contributed by atoms with van der Waals surface area (Å²) in [7, 11) is 0. The average Bonchev–Trinajstić information content (AvgIpc) is 2.37. The number of hydrogen-bond acceptors (Lipinski definition) is 1. The Labute approximate surface area is 113 Å². The van der Waals surface area contributed by atoms with Crippen LogP contribution in [0, 0.1) is 24.4 Å². The second-order valence-electron chi connectivity index (χ2n) is 4.21. The highest BCUT2D eigenvalue weighted by atomic mass is 35.5. The van der Waals surface area contributed by atoms with Crippen LogP contribution in [0.15, 0.2) is 30.3 Å². The molecule has 0 saturated heterocycles. The van der Waals surface area contributed by atoms with Gasteiger partial charge in [-0.3, -0.25) is 0 Å². The second kappa shape index (κ2) is 5.23. The van der Waals surface area contributed by atoms with Gasteiger partial charge in [-0.15, -0.1) is 0 Å². The van der Waals surface area contributed by atoms with E-state index in [-0.39, 0.29) is 5.56 Å². The quantitative estimate of drug-likeness (QED) is 0.822. The van der Waals surface area contributed by atoms with Crippen molar-refractivity contribution in [3.05, 3.63) is 69.5 Å². The van der Waals surface area contributed by atoms with Crippen LogP contribution in [-0.2, 0) is 0 Å². The van der Waals surface area contributed by atoms with Gasteiger partial charge in [-0.05, 0) is 41.8 Å². The minimum Gasteiger partial charge on any atom is -0.384 e. The van der Waals surface area contributed by atoms with Gasteiger partial charge in [0.25, 0.3) is 0 Å². The Kier molecular flexibility index (Phi) is 3.83. The maximum Gasteiger partial charge on any atom is 0.194 e. The fourth-order valence-electron chi connectivity index (χ4n) is 1.70. The second-order valence-corrected chi connectivity index (χ2v) is 4.62. The molecule has 0 aliphatic rings. The zero-order valence-corrected chi connectivity index (χ0v) is 10.7. The summed E-state index contributed by atoms with van der Waals surface area (Å²) in [5.74, 6) is -4.24. The summed E-state index contributed by atoms with van der Waals surface area (Å²) in [5.41, 5.74) is 1.12. The van der Waals surface area contributed by atoms with E-state index in [1.54, 1.807) is 19.1 Å². The minimum absolute atomic E-state index is 0.0729. The number of benzene rings is 2. The van der Waals surface area contributed by atoms with Crippen molar-refractivity contribution in [2.75, 3.05) is 0 Å². The third kappa shape index (κ3) is 2.74. The molecule has 1 nitrogen and oxygen atoms in total. The molecule has 0 spiro atoms. The molecule has 0 heterocycles. The van der Waals surface area contributed by atoms with Gasteiger partial charge in [-0.2, -0.15) is 0 Å². The van der Waals surface area contributed by atoms with E-state index in [1.165, 1.54) is 6.07 Å². The highest BCUT2D eigenvalue weighted by molar-refractivity contribution is 6.31. The van der Waals surface area contributed by atoms with E-state index >= 15 is 0 Å². The molecular formula is C14H10ClF3O. The van der Waals surface area contributed by atoms with Crippen LogP contribution >= 0.6 is 11.6 Å². The standard InChI is InChI=1S/C14H10ClF3O/c1-7-2-3-8(4-10(7)15)14(19)9-5-11(16)13(18)12(17)6-9/h2-6,14,19H,1H3. The minimum atomic E-state index is -1.56. The number of aryl methyl sites for hydroxylation is 1. The Balaban J connectivity index is 2.43. The van der Waals surface area contributed by atoms with Crippen LogP contribution in [0.5, 0.6) is 0 Å². The Morgan fingerprint density at radius 3 is 2.11 bits per heavy atom. The summed E-state index contributed by atoms with van der Waals surface area (Å²) in [6, 6.07) is 6.29. The molecule has 2 aromatic rings. The van der Waals surface area contributed by atoms with Crippen LogP contribution in [0.1, 0.15) is 22.8 Å². The van der Waals surface area contributed by atoms with E-state index in [2.05, 4.69) is 0 Å². The third-order valence-electron chi connectivity index (χ3n) is 2.83. The maximum atomic E-state index is 13.1. The molecule has 1 unspecified atom stereocenters. The molecule has 0 aliphatic heterocycles. The van der Waals surface area contributed by atoms with Gasteiger partial charge in [-0.25, -0.2) is 13.2 Å². The predicted molar refractivity (Wildman–Crippen MR) is 66.6 cm³/mol. The molecule has 1 N–H and O–H groups in total. The number of rotatable bonds is 2. The molecule has 0 saturated carbocycles. The fraction of sp³-hybridized carbons (Fsp3) is 0.143. The smallest absolute Gasteiger partial charge is 0.194 e. The number of aliphatic hydroxyl groups excluding tert-OH is 1. The van der Waals surface area contributed by atoms with E-state index in [4.69, 9.17) is 11.6 Å². The Bertz CT molecular complexity index is 605. The predicted octanol–water partition coefficient (Wildman–Crippen LogP) is 4.15. The van der Waals surface area contributed by atoms with Crippen molar-refractivity contribution >= 4 is 11.6 Å². The summed E-state index contributed by atoms with van der Waals surface area (Å²) in [6.45, 7) is 1.79. The lowest BCUT2D eigenvalue weighted by molar-refractivity contribution is 0.218. The monoisotopic (exact) mass is 286 g/mol. The summed E-state index contributed by atoms with van der Waals surface area (Å²) >= 11 is 5.91. The first-order valence-electron chi connectivity index (χ1n) is 5.48. The van der Waals surface area contributed by atoms with Crippen molar-refractivity contribution in [3.63, 3.8) is 0 Å². The van der Waals surface area contributed by atoms with Gasteiger partial charge < -0.3 is 5.11 Å². The normalized spacial score (nSPS) is 12.5. The summed E-state index contributed by atoms with van der Waals surface area (Å²) in [4.78, 5) is 0. The van der Waals surface area contributed by atoms with Gasteiger partial charge in [0, 0.05) is 5.02 Å². The van der Waals surface area contributed by atoms with E-state index in [0.717, 1.165) is 17.7 Å². The lowest BCUT2D eigenvalue weighted by Crippen LogP contribution is -2.03. The topological polar surface area (TPSA) is 20.2 Å². The zero-order chi connectivity index (χ0) is 14.2. The van der Waals surface area contributed by atoms with E-state index in [1.807, 2.05) is 0 Å². The van der Waals surface area contributed by atoms with Crippen molar-refractivity contribution in [3.8, 4) is 0 Å². The van der Waals surface area contributed by atoms with Gasteiger partial charge >= 0.3 is 0 Å². The van der Waals surface area contributed by atoms with Crippen molar-refractivity contribution in [2.45, 2.75) is 13.0 Å². The SMILES string of the molecule is Cc1ccc(C(O)c2cc(F)c(F)c(F)c2)cc1Cl. The lowest BCUT2D eigenvalue weighted by atomic mass is 10.00. The van der Waals surface area contributed by atoms with Crippen LogP contribution in [0.3, 0.4) is 0 Å². The first-order chi connectivity index (χ1) is 8.90. The third-order valence-corrected chi connectivity index (χ3v) is 3.24. The van der Waals surface area contributed by atoms with Gasteiger partial charge in [0.2, 0.25) is 0 Å². The van der Waals surface area contributed by atoms with Crippen molar-refractivity contribution < 1.29 is 18.3 Å². The highest BCUT2D eigenvalue weighted by Gasteiger charge is 2.17. The van der Waals surface area contributed by atoms with E-state index in [0.29, 0.717) is 10.6 Å². The van der Waals surface area contributed by atoms with Crippen molar-refractivity contribution in [1.82, 2.24) is 0 Å². The van der Waals surface area contributed by atoms with Crippen LogP contribution in [0.4, 0.5) is 13.2 Å². The molecule has 0 bridgehead atoms. The van der Waals surface area contributed by atoms with Crippen LogP contribution in [0.25, 0.3) is 0 Å². The molecule has 0 aliphatic carbocycles.